The van der Waals surface area contributed by atoms with E-state index in [1.165, 1.54) is 25.1 Å². The number of thiol groups is 1. The first-order valence-corrected chi connectivity index (χ1v) is 5.56. The molecule has 102 valence electrons. The molecule has 0 saturated carbocycles. The topological polar surface area (TPSA) is 32.3 Å². The monoisotopic (exact) mass is 283 g/mol. The minimum absolute atomic E-state index is 0.0169. The third-order valence-corrected chi connectivity index (χ3v) is 3.19. The number of alkyl halides is 3. The number of benzene rings is 1. The molecule has 2 atom stereocenters. The van der Waals surface area contributed by atoms with Gasteiger partial charge in [-0.1, -0.05) is 31.0 Å². The molecule has 2 unspecified atom stereocenters. The molecule has 0 aliphatic carbocycles. The van der Waals surface area contributed by atoms with Gasteiger partial charge in [0.1, 0.15) is 5.82 Å². The van der Waals surface area contributed by atoms with Crippen molar-refractivity contribution in [3.8, 4) is 0 Å². The van der Waals surface area contributed by atoms with Crippen LogP contribution in [0.25, 0.3) is 0 Å². The fraction of sp³-hybridized carbons (Fsp3) is 0.455. The summed E-state index contributed by atoms with van der Waals surface area (Å²) in [5.41, 5.74) is -1.41. The van der Waals surface area contributed by atoms with Crippen molar-refractivity contribution in [2.24, 2.45) is 0 Å². The van der Waals surface area contributed by atoms with Crippen LogP contribution < -0.4 is 4.72 Å². The summed E-state index contributed by atoms with van der Waals surface area (Å²) in [4.78, 5) is 0. The molecule has 0 bridgehead atoms. The first-order valence-electron chi connectivity index (χ1n) is 5.12. The zero-order chi connectivity index (χ0) is 14.0. The van der Waals surface area contributed by atoms with Crippen LogP contribution in [0, 0.1) is 5.82 Å². The van der Waals surface area contributed by atoms with Crippen LogP contribution in [0.1, 0.15) is 18.9 Å². The van der Waals surface area contributed by atoms with Crippen LogP contribution >= 0.6 is 12.8 Å². The molecule has 0 aromatic heterocycles. The zero-order valence-electron chi connectivity index (χ0n) is 9.50. The maximum absolute atomic E-state index is 13.6. The number of hydrogen-bond donors (Lipinski definition) is 3. The maximum Gasteiger partial charge on any atom is 0.414 e. The maximum atomic E-state index is 13.6. The van der Waals surface area contributed by atoms with E-state index >= 15 is 0 Å². The number of aliphatic hydroxyl groups excluding tert-OH is 1. The Morgan fingerprint density at radius 3 is 2.33 bits per heavy atom. The van der Waals surface area contributed by atoms with Crippen LogP contribution in [-0.4, -0.2) is 17.4 Å². The third-order valence-electron chi connectivity index (χ3n) is 2.69. The van der Waals surface area contributed by atoms with Crippen molar-refractivity contribution in [2.75, 3.05) is 0 Å². The molecule has 0 amide bonds. The highest BCUT2D eigenvalue weighted by Gasteiger charge is 2.43. The second-order valence-corrected chi connectivity index (χ2v) is 4.41. The van der Waals surface area contributed by atoms with Crippen molar-refractivity contribution in [3.05, 3.63) is 35.6 Å². The van der Waals surface area contributed by atoms with E-state index in [1.807, 2.05) is 0 Å². The van der Waals surface area contributed by atoms with E-state index in [1.54, 1.807) is 0 Å². The molecule has 0 heterocycles. The van der Waals surface area contributed by atoms with Gasteiger partial charge in [0.15, 0.2) is 6.10 Å². The molecule has 0 radical (unpaired) electrons. The van der Waals surface area contributed by atoms with Crippen molar-refractivity contribution < 1.29 is 22.7 Å². The lowest BCUT2D eigenvalue weighted by molar-refractivity contribution is -0.209. The Kier molecular flexibility index (Phi) is 4.63. The quantitative estimate of drug-likeness (QED) is 0.586. The van der Waals surface area contributed by atoms with Crippen LogP contribution in [0.4, 0.5) is 17.6 Å². The highest BCUT2D eigenvalue weighted by atomic mass is 32.1. The van der Waals surface area contributed by atoms with E-state index in [0.717, 1.165) is 6.07 Å². The van der Waals surface area contributed by atoms with E-state index in [0.29, 0.717) is 0 Å². The van der Waals surface area contributed by atoms with E-state index in [9.17, 15) is 17.6 Å². The summed E-state index contributed by atoms with van der Waals surface area (Å²) >= 11 is 3.74. The summed E-state index contributed by atoms with van der Waals surface area (Å²) in [6.45, 7) is 1.34. The molecule has 0 fully saturated rings. The predicted octanol–water partition coefficient (Wildman–Crippen LogP) is 2.79. The summed E-state index contributed by atoms with van der Waals surface area (Å²) in [5, 5.41) is 9.08. The number of halogens is 4. The summed E-state index contributed by atoms with van der Waals surface area (Å²) in [6.07, 6.45) is -8.04. The van der Waals surface area contributed by atoms with Crippen molar-refractivity contribution in [2.45, 2.75) is 31.2 Å². The Bertz CT molecular complexity index is 412. The van der Waals surface area contributed by atoms with Crippen LogP contribution in [0.5, 0.6) is 0 Å². The number of aliphatic hydroxyl groups is 1. The van der Waals surface area contributed by atoms with Crippen LogP contribution in [0.3, 0.4) is 0 Å². The molecular weight excluding hydrogens is 270 g/mol. The Labute approximate surface area is 108 Å². The van der Waals surface area contributed by atoms with Gasteiger partial charge in [0, 0.05) is 12.0 Å². The molecule has 0 aliphatic rings. The smallest absolute Gasteiger partial charge is 0.384 e. The van der Waals surface area contributed by atoms with Gasteiger partial charge in [0.25, 0.3) is 0 Å². The fourth-order valence-electron chi connectivity index (χ4n) is 1.63. The SMILES string of the molecule is CC(CC(O)C(F)(F)F)(NS)c1ccccc1F. The molecular formula is C11H13F4NOS. The molecule has 1 rings (SSSR count). The van der Waals surface area contributed by atoms with Crippen molar-refractivity contribution in [1.82, 2.24) is 4.72 Å². The van der Waals surface area contributed by atoms with Gasteiger partial charge in [0.05, 0.1) is 5.54 Å². The van der Waals surface area contributed by atoms with E-state index in [4.69, 9.17) is 5.11 Å². The zero-order valence-corrected chi connectivity index (χ0v) is 10.4. The van der Waals surface area contributed by atoms with E-state index in [-0.39, 0.29) is 5.56 Å². The predicted molar refractivity (Wildman–Crippen MR) is 62.6 cm³/mol. The van der Waals surface area contributed by atoms with Crippen LogP contribution in [0.2, 0.25) is 0 Å². The Hall–Kier alpha value is -0.790. The van der Waals surface area contributed by atoms with Crippen molar-refractivity contribution >= 4 is 12.8 Å². The molecule has 0 aliphatic heterocycles. The Morgan fingerprint density at radius 2 is 1.89 bits per heavy atom. The average Bonchev–Trinajstić information content (AvgIpc) is 2.28. The van der Waals surface area contributed by atoms with Gasteiger partial charge in [0.2, 0.25) is 0 Å². The minimum atomic E-state index is -4.75. The Morgan fingerprint density at radius 1 is 1.33 bits per heavy atom. The second-order valence-electron chi connectivity index (χ2n) is 4.19. The first kappa shape index (κ1) is 15.3. The third kappa shape index (κ3) is 3.37. The molecule has 18 heavy (non-hydrogen) atoms. The highest BCUT2D eigenvalue weighted by molar-refractivity contribution is 7.78. The average molecular weight is 283 g/mol. The molecule has 7 heteroatoms. The van der Waals surface area contributed by atoms with E-state index in [2.05, 4.69) is 17.5 Å². The lowest BCUT2D eigenvalue weighted by Crippen LogP contribution is -2.42. The van der Waals surface area contributed by atoms with Gasteiger partial charge >= 0.3 is 6.18 Å². The van der Waals surface area contributed by atoms with Gasteiger partial charge in [-0.15, -0.1) is 0 Å². The summed E-state index contributed by atoms with van der Waals surface area (Å²) in [5.74, 6) is -0.657. The van der Waals surface area contributed by atoms with Gasteiger partial charge < -0.3 is 5.11 Å². The fourth-order valence-corrected chi connectivity index (χ4v) is 1.84. The van der Waals surface area contributed by atoms with Crippen LogP contribution in [-0.2, 0) is 5.54 Å². The van der Waals surface area contributed by atoms with E-state index < -0.39 is 30.1 Å². The molecule has 1 aromatic rings. The first-order chi connectivity index (χ1) is 8.20. The highest BCUT2D eigenvalue weighted by Crippen LogP contribution is 2.33. The molecule has 0 saturated heterocycles. The lowest BCUT2D eigenvalue weighted by Gasteiger charge is -2.32. The van der Waals surface area contributed by atoms with Crippen molar-refractivity contribution in [3.63, 3.8) is 0 Å². The minimum Gasteiger partial charge on any atom is -0.384 e. The standard InChI is InChI=1S/C11H13F4NOS/c1-10(16-18,6-9(17)11(13,14)15)7-4-2-3-5-8(7)12/h2-5,9,16-18H,6H2,1H3. The van der Waals surface area contributed by atoms with Gasteiger partial charge in [-0.3, -0.25) is 4.72 Å². The summed E-state index contributed by atoms with van der Waals surface area (Å²) < 4.78 is 52.9. The summed E-state index contributed by atoms with van der Waals surface area (Å²) in [6, 6.07) is 5.42. The normalized spacial score (nSPS) is 17.3. The molecule has 2 N–H and O–H groups in total. The second kappa shape index (κ2) is 5.46. The molecule has 1 aromatic carbocycles. The lowest BCUT2D eigenvalue weighted by atomic mass is 9.87. The van der Waals surface area contributed by atoms with Gasteiger partial charge in [-0.25, -0.2) is 4.39 Å². The number of nitrogens with one attached hydrogen (secondary N) is 1. The Balaban J connectivity index is 3.04. The van der Waals surface area contributed by atoms with Crippen LogP contribution in [0.15, 0.2) is 24.3 Å². The number of hydrogen-bond acceptors (Lipinski definition) is 3. The largest absolute Gasteiger partial charge is 0.414 e. The van der Waals surface area contributed by atoms with Gasteiger partial charge in [-0.05, 0) is 13.0 Å². The molecule has 0 spiro atoms. The molecule has 2 nitrogen and oxygen atoms in total. The number of rotatable bonds is 4. The summed E-state index contributed by atoms with van der Waals surface area (Å²) in [7, 11) is 0. The van der Waals surface area contributed by atoms with Crippen molar-refractivity contribution in [1.29, 1.82) is 0 Å². The van der Waals surface area contributed by atoms with Gasteiger partial charge in [-0.2, -0.15) is 13.2 Å².